The van der Waals surface area contributed by atoms with E-state index in [1.807, 2.05) is 29.2 Å². The molecular formula is C16H22ClN3O2. The van der Waals surface area contributed by atoms with Gasteiger partial charge in [-0.05, 0) is 12.1 Å². The highest BCUT2D eigenvalue weighted by Gasteiger charge is 2.25. The molecule has 0 saturated carbocycles. The Hall–Kier alpha value is -1.30. The molecule has 6 heteroatoms. The number of morpholine rings is 1. The van der Waals surface area contributed by atoms with E-state index in [1.165, 1.54) is 0 Å². The maximum atomic E-state index is 12.4. The van der Waals surface area contributed by atoms with Crippen molar-refractivity contribution in [3.05, 3.63) is 29.3 Å². The lowest BCUT2D eigenvalue weighted by Crippen LogP contribution is -2.50. The molecule has 0 spiro atoms. The molecule has 2 heterocycles. The summed E-state index contributed by atoms with van der Waals surface area (Å²) in [6, 6.07) is 7.86. The molecule has 1 aromatic carbocycles. The second-order valence-corrected chi connectivity index (χ2v) is 6.13. The average Bonchev–Trinajstić information content (AvgIpc) is 2.56. The van der Waals surface area contributed by atoms with Crippen molar-refractivity contribution in [2.24, 2.45) is 0 Å². The highest BCUT2D eigenvalue weighted by atomic mass is 35.5. The van der Waals surface area contributed by atoms with E-state index in [2.05, 4.69) is 10.2 Å². The minimum Gasteiger partial charge on any atom is -0.375 e. The van der Waals surface area contributed by atoms with E-state index in [4.69, 9.17) is 16.3 Å². The maximum absolute atomic E-state index is 12.4. The molecule has 1 amide bonds. The fraction of sp³-hybridized carbons (Fsp3) is 0.562. The number of piperazine rings is 1. The molecule has 3 rings (SSSR count). The fourth-order valence-corrected chi connectivity index (χ4v) is 3.23. The van der Waals surface area contributed by atoms with Crippen LogP contribution in [0.25, 0.3) is 0 Å². The number of rotatable bonds is 3. The maximum Gasteiger partial charge on any atom is 0.225 e. The van der Waals surface area contributed by atoms with Gasteiger partial charge in [0.15, 0.2) is 0 Å². The number of halogens is 1. The number of ether oxygens (including phenoxy) is 1. The number of anilines is 1. The largest absolute Gasteiger partial charge is 0.375 e. The molecule has 0 aliphatic carbocycles. The lowest BCUT2D eigenvalue weighted by molar-refractivity contribution is -0.135. The minimum absolute atomic E-state index is 0.0165. The minimum atomic E-state index is 0.0165. The fourth-order valence-electron chi connectivity index (χ4n) is 2.98. The standard InChI is InChI=1S/C16H22ClN3O2/c17-14-3-1-2-4-15(14)19-6-8-20(9-7-19)16(21)11-13-12-18-5-10-22-13/h1-4,13,18H,5-12H2. The molecule has 2 saturated heterocycles. The summed E-state index contributed by atoms with van der Waals surface area (Å²) in [5, 5.41) is 4.03. The van der Waals surface area contributed by atoms with E-state index < -0.39 is 0 Å². The molecule has 1 N–H and O–H groups in total. The van der Waals surface area contributed by atoms with Crippen molar-refractivity contribution in [1.29, 1.82) is 0 Å². The van der Waals surface area contributed by atoms with Crippen LogP contribution in [-0.4, -0.2) is 62.8 Å². The molecule has 120 valence electrons. The molecular weight excluding hydrogens is 302 g/mol. The summed E-state index contributed by atoms with van der Waals surface area (Å²) in [5.74, 6) is 0.188. The first-order valence-corrected chi connectivity index (χ1v) is 8.21. The van der Waals surface area contributed by atoms with Gasteiger partial charge in [-0.1, -0.05) is 23.7 Å². The summed E-state index contributed by atoms with van der Waals surface area (Å²) >= 11 is 6.24. The molecule has 22 heavy (non-hydrogen) atoms. The number of hydrogen-bond acceptors (Lipinski definition) is 4. The van der Waals surface area contributed by atoms with Crippen molar-refractivity contribution in [2.75, 3.05) is 50.8 Å². The first kappa shape index (κ1) is 15.6. The van der Waals surface area contributed by atoms with E-state index in [0.29, 0.717) is 13.0 Å². The molecule has 2 aliphatic heterocycles. The van der Waals surface area contributed by atoms with E-state index in [0.717, 1.165) is 50.0 Å². The molecule has 0 bridgehead atoms. The van der Waals surface area contributed by atoms with Crippen LogP contribution in [0.5, 0.6) is 0 Å². The van der Waals surface area contributed by atoms with Crippen molar-refractivity contribution < 1.29 is 9.53 Å². The first-order chi connectivity index (χ1) is 10.7. The number of amides is 1. The molecule has 5 nitrogen and oxygen atoms in total. The second kappa shape index (κ2) is 7.31. The Bertz CT molecular complexity index is 512. The highest BCUT2D eigenvalue weighted by Crippen LogP contribution is 2.26. The molecule has 1 aromatic rings. The zero-order chi connectivity index (χ0) is 15.4. The van der Waals surface area contributed by atoms with Crippen molar-refractivity contribution in [3.63, 3.8) is 0 Å². The van der Waals surface area contributed by atoms with E-state index in [1.54, 1.807) is 0 Å². The Balaban J connectivity index is 1.51. The van der Waals surface area contributed by atoms with Crippen LogP contribution in [0, 0.1) is 0 Å². The highest BCUT2D eigenvalue weighted by molar-refractivity contribution is 6.33. The van der Waals surface area contributed by atoms with Crippen molar-refractivity contribution >= 4 is 23.2 Å². The predicted molar refractivity (Wildman–Crippen MR) is 87.5 cm³/mol. The molecule has 2 aliphatic rings. The van der Waals surface area contributed by atoms with E-state index in [9.17, 15) is 4.79 Å². The van der Waals surface area contributed by atoms with Gasteiger partial charge in [0, 0.05) is 39.3 Å². The molecule has 2 fully saturated rings. The number of carbonyl (C=O) groups is 1. The number of hydrogen-bond donors (Lipinski definition) is 1. The van der Waals surface area contributed by atoms with Crippen LogP contribution in [0.4, 0.5) is 5.69 Å². The van der Waals surface area contributed by atoms with Crippen molar-refractivity contribution in [3.8, 4) is 0 Å². The van der Waals surface area contributed by atoms with Gasteiger partial charge in [-0.25, -0.2) is 0 Å². The van der Waals surface area contributed by atoms with Gasteiger partial charge in [0.2, 0.25) is 5.91 Å². The number of carbonyl (C=O) groups excluding carboxylic acids is 1. The van der Waals surface area contributed by atoms with Gasteiger partial charge in [0.25, 0.3) is 0 Å². The number of para-hydroxylation sites is 1. The van der Waals surface area contributed by atoms with Gasteiger partial charge >= 0.3 is 0 Å². The third-order valence-electron chi connectivity index (χ3n) is 4.23. The van der Waals surface area contributed by atoms with Crippen molar-refractivity contribution in [2.45, 2.75) is 12.5 Å². The van der Waals surface area contributed by atoms with Gasteiger partial charge in [-0.2, -0.15) is 0 Å². The van der Waals surface area contributed by atoms with Crippen molar-refractivity contribution in [1.82, 2.24) is 10.2 Å². The Morgan fingerprint density at radius 1 is 1.27 bits per heavy atom. The summed E-state index contributed by atoms with van der Waals surface area (Å²) in [6.07, 6.45) is 0.488. The summed E-state index contributed by atoms with van der Waals surface area (Å²) in [7, 11) is 0. The normalized spacial score (nSPS) is 22.7. The van der Waals surface area contributed by atoms with Crippen LogP contribution < -0.4 is 10.2 Å². The monoisotopic (exact) mass is 323 g/mol. The van der Waals surface area contributed by atoms with Crippen LogP contribution in [0.15, 0.2) is 24.3 Å². The summed E-state index contributed by atoms with van der Waals surface area (Å²) in [4.78, 5) is 16.5. The third-order valence-corrected chi connectivity index (χ3v) is 4.55. The van der Waals surface area contributed by atoms with Crippen LogP contribution in [-0.2, 0) is 9.53 Å². The molecule has 0 aromatic heterocycles. The lowest BCUT2D eigenvalue weighted by Gasteiger charge is -2.37. The average molecular weight is 324 g/mol. The van der Waals surface area contributed by atoms with Gasteiger partial charge in [-0.15, -0.1) is 0 Å². The summed E-state index contributed by atoms with van der Waals surface area (Å²) in [5.41, 5.74) is 1.05. The molecule has 1 unspecified atom stereocenters. The second-order valence-electron chi connectivity index (χ2n) is 5.72. The zero-order valence-corrected chi connectivity index (χ0v) is 13.4. The van der Waals surface area contributed by atoms with Crippen LogP contribution >= 0.6 is 11.6 Å². The smallest absolute Gasteiger partial charge is 0.225 e. The first-order valence-electron chi connectivity index (χ1n) is 7.83. The third kappa shape index (κ3) is 3.72. The Kier molecular flexibility index (Phi) is 5.18. The molecule has 0 radical (unpaired) electrons. The van der Waals surface area contributed by atoms with Crippen LogP contribution in [0.1, 0.15) is 6.42 Å². The van der Waals surface area contributed by atoms with Crippen LogP contribution in [0.2, 0.25) is 5.02 Å². The Morgan fingerprint density at radius 3 is 2.73 bits per heavy atom. The number of benzene rings is 1. The van der Waals surface area contributed by atoms with Gasteiger partial charge in [0.1, 0.15) is 0 Å². The topological polar surface area (TPSA) is 44.8 Å². The Morgan fingerprint density at radius 2 is 2.05 bits per heavy atom. The quantitative estimate of drug-likeness (QED) is 0.912. The summed E-state index contributed by atoms with van der Waals surface area (Å²) < 4.78 is 5.61. The molecule has 1 atom stereocenters. The lowest BCUT2D eigenvalue weighted by atomic mass is 10.2. The van der Waals surface area contributed by atoms with Gasteiger partial charge in [-0.3, -0.25) is 4.79 Å². The van der Waals surface area contributed by atoms with E-state index in [-0.39, 0.29) is 12.0 Å². The van der Waals surface area contributed by atoms with E-state index >= 15 is 0 Å². The summed E-state index contributed by atoms with van der Waals surface area (Å²) in [6.45, 7) is 5.46. The zero-order valence-electron chi connectivity index (χ0n) is 12.6. The number of nitrogens with one attached hydrogen (secondary N) is 1. The van der Waals surface area contributed by atoms with Crippen LogP contribution in [0.3, 0.4) is 0 Å². The Labute approximate surface area is 136 Å². The van der Waals surface area contributed by atoms with Gasteiger partial charge in [0.05, 0.1) is 29.8 Å². The number of nitrogens with zero attached hydrogens (tertiary/aromatic N) is 2. The van der Waals surface area contributed by atoms with Gasteiger partial charge < -0.3 is 19.9 Å². The predicted octanol–water partition coefficient (Wildman–Crippen LogP) is 1.37. The SMILES string of the molecule is O=C(CC1CNCCO1)N1CCN(c2ccccc2Cl)CC1.